The molecule has 1 N–H and O–H groups in total. The summed E-state index contributed by atoms with van der Waals surface area (Å²) in [7, 11) is 0. The van der Waals surface area contributed by atoms with Gasteiger partial charge in [-0.05, 0) is 50.1 Å². The number of hydrogen-bond donors (Lipinski definition) is 1. The molecule has 0 fully saturated rings. The second kappa shape index (κ2) is 9.08. The van der Waals surface area contributed by atoms with Crippen LogP contribution < -0.4 is 10.9 Å². The first-order valence-electron chi connectivity index (χ1n) is 10.1. The molecule has 0 aliphatic carbocycles. The summed E-state index contributed by atoms with van der Waals surface area (Å²) in [6.07, 6.45) is 0.860. The maximum Gasteiger partial charge on any atom is 0.267 e. The number of aromatic nitrogens is 2. The third kappa shape index (κ3) is 4.43. The van der Waals surface area contributed by atoms with Gasteiger partial charge < -0.3 is 5.32 Å². The summed E-state index contributed by atoms with van der Waals surface area (Å²) < 4.78 is 1.63. The molecule has 5 nitrogen and oxygen atoms in total. The summed E-state index contributed by atoms with van der Waals surface area (Å²) in [6.45, 7) is 6.08. The smallest absolute Gasteiger partial charge is 0.267 e. The van der Waals surface area contributed by atoms with Crippen LogP contribution >= 0.6 is 23.1 Å². The number of carbonyl (C=O) groups excluding carboxylic acids is 1. The van der Waals surface area contributed by atoms with Crippen molar-refractivity contribution in [3.8, 4) is 5.69 Å². The quantitative estimate of drug-likeness (QED) is 0.318. The Bertz CT molecular complexity index is 1290. The van der Waals surface area contributed by atoms with E-state index in [1.807, 2.05) is 68.4 Å². The summed E-state index contributed by atoms with van der Waals surface area (Å²) in [5.74, 6) is 0.0153. The minimum atomic E-state index is -0.141. The lowest BCUT2D eigenvalue weighted by molar-refractivity contribution is -0.113. The topological polar surface area (TPSA) is 64.0 Å². The summed E-state index contributed by atoms with van der Waals surface area (Å²) in [4.78, 5) is 32.7. The average Bonchev–Trinajstić information content (AvgIpc) is 3.09. The predicted molar refractivity (Wildman–Crippen MR) is 130 cm³/mol. The van der Waals surface area contributed by atoms with E-state index in [-0.39, 0.29) is 17.2 Å². The Labute approximate surface area is 189 Å². The molecule has 0 aliphatic heterocycles. The number of nitrogens with one attached hydrogen (secondary N) is 1. The highest BCUT2D eigenvalue weighted by Gasteiger charge is 2.19. The highest BCUT2D eigenvalue weighted by Crippen LogP contribution is 2.30. The van der Waals surface area contributed by atoms with Gasteiger partial charge in [-0.1, -0.05) is 54.6 Å². The van der Waals surface area contributed by atoms with Crippen molar-refractivity contribution in [2.45, 2.75) is 32.3 Å². The molecule has 2 aromatic heterocycles. The third-order valence-electron chi connectivity index (χ3n) is 5.04. The minimum absolute atomic E-state index is 0.0896. The lowest BCUT2D eigenvalue weighted by Crippen LogP contribution is -2.22. The number of thioether (sulfide) groups is 1. The molecule has 0 bridgehead atoms. The van der Waals surface area contributed by atoms with Gasteiger partial charge in [-0.2, -0.15) is 0 Å². The highest BCUT2D eigenvalue weighted by molar-refractivity contribution is 7.99. The van der Waals surface area contributed by atoms with Crippen molar-refractivity contribution in [2.24, 2.45) is 0 Å². The SMILES string of the molecule is CCc1sc2nc(SCC(=O)Nc3ccccc3)n(-c3ccc(C)cc3)c(=O)c2c1C. The van der Waals surface area contributed by atoms with Crippen molar-refractivity contribution in [2.75, 3.05) is 11.1 Å². The van der Waals surface area contributed by atoms with E-state index < -0.39 is 0 Å². The van der Waals surface area contributed by atoms with E-state index in [1.165, 1.54) is 16.6 Å². The van der Waals surface area contributed by atoms with Crippen molar-refractivity contribution in [1.82, 2.24) is 9.55 Å². The second-order valence-electron chi connectivity index (χ2n) is 7.26. The van der Waals surface area contributed by atoms with E-state index in [4.69, 9.17) is 4.98 Å². The number of hydrogen-bond acceptors (Lipinski definition) is 5. The second-order valence-corrected chi connectivity index (χ2v) is 9.28. The van der Waals surface area contributed by atoms with Crippen LogP contribution in [-0.2, 0) is 11.2 Å². The number of fused-ring (bicyclic) bond motifs is 1. The molecule has 158 valence electrons. The maximum absolute atomic E-state index is 13.5. The van der Waals surface area contributed by atoms with Gasteiger partial charge in [0.05, 0.1) is 16.8 Å². The highest BCUT2D eigenvalue weighted by atomic mass is 32.2. The van der Waals surface area contributed by atoms with Crippen LogP contribution in [0.25, 0.3) is 15.9 Å². The molecule has 2 heterocycles. The molecular weight excluding hydrogens is 426 g/mol. The number of anilines is 1. The van der Waals surface area contributed by atoms with Gasteiger partial charge in [-0.3, -0.25) is 14.2 Å². The number of aryl methyl sites for hydroxylation is 3. The number of amides is 1. The van der Waals surface area contributed by atoms with Gasteiger partial charge in [-0.15, -0.1) is 11.3 Å². The van der Waals surface area contributed by atoms with Gasteiger partial charge in [0.1, 0.15) is 4.83 Å². The molecule has 0 saturated heterocycles. The Morgan fingerprint density at radius 3 is 2.48 bits per heavy atom. The number of carbonyl (C=O) groups is 1. The molecule has 7 heteroatoms. The van der Waals surface area contributed by atoms with Crippen molar-refractivity contribution in [3.63, 3.8) is 0 Å². The number of rotatable bonds is 6. The van der Waals surface area contributed by atoms with Crippen LogP contribution in [0.3, 0.4) is 0 Å². The molecule has 0 unspecified atom stereocenters. The summed E-state index contributed by atoms with van der Waals surface area (Å²) in [5, 5.41) is 4.07. The number of benzene rings is 2. The lowest BCUT2D eigenvalue weighted by atomic mass is 10.2. The van der Waals surface area contributed by atoms with E-state index in [9.17, 15) is 9.59 Å². The van der Waals surface area contributed by atoms with Gasteiger partial charge in [-0.25, -0.2) is 4.98 Å². The number of para-hydroxylation sites is 1. The van der Waals surface area contributed by atoms with Gasteiger partial charge in [0.15, 0.2) is 5.16 Å². The molecule has 31 heavy (non-hydrogen) atoms. The fraction of sp³-hybridized carbons (Fsp3) is 0.208. The first kappa shape index (κ1) is 21.3. The van der Waals surface area contributed by atoms with E-state index in [0.29, 0.717) is 10.5 Å². The first-order valence-corrected chi connectivity index (χ1v) is 11.9. The largest absolute Gasteiger partial charge is 0.325 e. The van der Waals surface area contributed by atoms with Crippen LogP contribution in [0, 0.1) is 13.8 Å². The van der Waals surface area contributed by atoms with Gasteiger partial charge in [0, 0.05) is 10.6 Å². The first-order chi connectivity index (χ1) is 15.0. The predicted octanol–water partition coefficient (Wildman–Crippen LogP) is 5.36. The Morgan fingerprint density at radius 2 is 1.81 bits per heavy atom. The van der Waals surface area contributed by atoms with Crippen LogP contribution in [0.2, 0.25) is 0 Å². The molecule has 0 aliphatic rings. The molecule has 0 saturated carbocycles. The van der Waals surface area contributed by atoms with Crippen molar-refractivity contribution >= 4 is 44.9 Å². The molecule has 2 aromatic carbocycles. The minimum Gasteiger partial charge on any atom is -0.325 e. The molecule has 0 radical (unpaired) electrons. The van der Waals surface area contributed by atoms with Crippen LogP contribution in [0.4, 0.5) is 5.69 Å². The van der Waals surface area contributed by atoms with Crippen molar-refractivity contribution < 1.29 is 4.79 Å². The molecule has 4 aromatic rings. The molecular formula is C24H23N3O2S2. The van der Waals surface area contributed by atoms with Gasteiger partial charge >= 0.3 is 0 Å². The number of thiophene rings is 1. The Balaban J connectivity index is 1.73. The van der Waals surface area contributed by atoms with E-state index >= 15 is 0 Å². The summed E-state index contributed by atoms with van der Waals surface area (Å²) in [6, 6.07) is 17.1. The Morgan fingerprint density at radius 1 is 1.10 bits per heavy atom. The zero-order valence-electron chi connectivity index (χ0n) is 17.6. The standard InChI is InChI=1S/C24H23N3O2S2/c1-4-19-16(3)21-22(31-19)26-24(27(23(21)29)18-12-10-15(2)11-13-18)30-14-20(28)25-17-8-6-5-7-9-17/h5-13H,4,14H2,1-3H3,(H,25,28). The van der Waals surface area contributed by atoms with Crippen molar-refractivity contribution in [1.29, 1.82) is 0 Å². The number of nitrogens with zero attached hydrogens (tertiary/aromatic N) is 2. The zero-order valence-corrected chi connectivity index (χ0v) is 19.3. The summed E-state index contributed by atoms with van der Waals surface area (Å²) >= 11 is 2.83. The van der Waals surface area contributed by atoms with Crippen LogP contribution in [-0.4, -0.2) is 21.2 Å². The monoisotopic (exact) mass is 449 g/mol. The van der Waals surface area contributed by atoms with E-state index in [1.54, 1.807) is 15.9 Å². The average molecular weight is 450 g/mol. The molecule has 1 amide bonds. The molecule has 4 rings (SSSR count). The van der Waals surface area contributed by atoms with Crippen molar-refractivity contribution in [3.05, 3.63) is 81.0 Å². The fourth-order valence-corrected chi connectivity index (χ4v) is 5.39. The lowest BCUT2D eigenvalue weighted by Gasteiger charge is -2.12. The normalized spacial score (nSPS) is 11.1. The molecule has 0 atom stereocenters. The van der Waals surface area contributed by atoms with Gasteiger partial charge in [0.25, 0.3) is 5.56 Å². The Kier molecular flexibility index (Phi) is 6.25. The van der Waals surface area contributed by atoms with E-state index in [0.717, 1.165) is 33.8 Å². The molecule has 0 spiro atoms. The Hall–Kier alpha value is -2.90. The van der Waals surface area contributed by atoms with Crippen LogP contribution in [0.1, 0.15) is 22.9 Å². The third-order valence-corrected chi connectivity index (χ3v) is 7.30. The zero-order chi connectivity index (χ0) is 22.0. The van der Waals surface area contributed by atoms with E-state index in [2.05, 4.69) is 12.2 Å². The summed E-state index contributed by atoms with van der Waals surface area (Å²) in [5.41, 5.74) is 3.52. The van der Waals surface area contributed by atoms with Gasteiger partial charge in [0.2, 0.25) is 5.91 Å². The van der Waals surface area contributed by atoms with Crippen LogP contribution in [0.15, 0.2) is 64.5 Å². The fourth-order valence-electron chi connectivity index (χ4n) is 3.41. The van der Waals surface area contributed by atoms with Crippen LogP contribution in [0.5, 0.6) is 0 Å². The maximum atomic E-state index is 13.5.